The largest absolute Gasteiger partial charge is 0.496 e. The highest BCUT2D eigenvalue weighted by atomic mass is 16.5. The summed E-state index contributed by atoms with van der Waals surface area (Å²) >= 11 is 0. The molecule has 0 aliphatic heterocycles. The van der Waals surface area contributed by atoms with Crippen LogP contribution in [0.2, 0.25) is 0 Å². The second kappa shape index (κ2) is 5.69. The Balaban J connectivity index is 2.18. The van der Waals surface area contributed by atoms with Gasteiger partial charge in [0.25, 0.3) is 0 Å². The highest BCUT2D eigenvalue weighted by molar-refractivity contribution is 5.34. The molecule has 1 aromatic heterocycles. The van der Waals surface area contributed by atoms with Gasteiger partial charge >= 0.3 is 0 Å². The van der Waals surface area contributed by atoms with Crippen LogP contribution in [0.3, 0.4) is 0 Å². The molecule has 0 saturated carbocycles. The van der Waals surface area contributed by atoms with Gasteiger partial charge in [0, 0.05) is 19.2 Å². The zero-order valence-corrected chi connectivity index (χ0v) is 10.7. The predicted molar refractivity (Wildman–Crippen MR) is 69.6 cm³/mol. The second-order valence-electron chi connectivity index (χ2n) is 4.10. The molecule has 4 heteroatoms. The second-order valence-corrected chi connectivity index (χ2v) is 4.10. The summed E-state index contributed by atoms with van der Waals surface area (Å²) in [6.45, 7) is 2.76. The maximum Gasteiger partial charge on any atom is 0.122 e. The summed E-state index contributed by atoms with van der Waals surface area (Å²) in [6, 6.07) is 9.59. The van der Waals surface area contributed by atoms with Gasteiger partial charge in [-0.25, -0.2) is 0 Å². The highest BCUT2D eigenvalue weighted by Gasteiger charge is 2.15. The van der Waals surface area contributed by atoms with Crippen LogP contribution in [0.5, 0.6) is 5.75 Å². The molecule has 1 N–H and O–H groups in total. The number of aliphatic hydroxyl groups excluding tert-OH is 1. The van der Waals surface area contributed by atoms with Crippen molar-refractivity contribution in [2.24, 2.45) is 0 Å². The fourth-order valence-corrected chi connectivity index (χ4v) is 2.07. The van der Waals surface area contributed by atoms with Crippen molar-refractivity contribution in [1.29, 1.82) is 0 Å². The first-order valence-corrected chi connectivity index (χ1v) is 6.08. The van der Waals surface area contributed by atoms with Gasteiger partial charge in [0.15, 0.2) is 0 Å². The standard InChI is InChI=1S/C14H18N2O2/c1-3-16-12(8-9-15-16)13(17)10-11-6-4-5-7-14(11)18-2/h4-9,13,17H,3,10H2,1-2H3. The molecule has 2 rings (SSSR count). The number of rotatable bonds is 5. The lowest BCUT2D eigenvalue weighted by Crippen LogP contribution is -2.10. The first kappa shape index (κ1) is 12.6. The Morgan fingerprint density at radius 2 is 2.11 bits per heavy atom. The maximum absolute atomic E-state index is 10.3. The van der Waals surface area contributed by atoms with Crippen LogP contribution in [0.25, 0.3) is 0 Å². The molecule has 1 heterocycles. The van der Waals surface area contributed by atoms with E-state index in [1.807, 2.05) is 37.3 Å². The summed E-state index contributed by atoms with van der Waals surface area (Å²) in [7, 11) is 1.64. The Hall–Kier alpha value is -1.81. The molecule has 0 aliphatic rings. The van der Waals surface area contributed by atoms with Crippen molar-refractivity contribution in [3.8, 4) is 5.75 Å². The van der Waals surface area contributed by atoms with Gasteiger partial charge in [0.2, 0.25) is 0 Å². The number of aliphatic hydroxyl groups is 1. The Morgan fingerprint density at radius 1 is 1.33 bits per heavy atom. The fraction of sp³-hybridized carbons (Fsp3) is 0.357. The average Bonchev–Trinajstić information content (AvgIpc) is 2.87. The van der Waals surface area contributed by atoms with Crippen LogP contribution < -0.4 is 4.74 Å². The molecule has 18 heavy (non-hydrogen) atoms. The summed E-state index contributed by atoms with van der Waals surface area (Å²) in [5.41, 5.74) is 1.83. The third-order valence-corrected chi connectivity index (χ3v) is 3.00. The molecular formula is C14H18N2O2. The Bertz CT molecular complexity index is 508. The van der Waals surface area contributed by atoms with E-state index in [2.05, 4.69) is 5.10 Å². The summed E-state index contributed by atoms with van der Waals surface area (Å²) in [4.78, 5) is 0. The van der Waals surface area contributed by atoms with Gasteiger partial charge in [0.05, 0.1) is 18.9 Å². The third kappa shape index (κ3) is 2.54. The van der Waals surface area contributed by atoms with E-state index in [9.17, 15) is 5.11 Å². The predicted octanol–water partition coefficient (Wildman–Crippen LogP) is 2.19. The zero-order chi connectivity index (χ0) is 13.0. The lowest BCUT2D eigenvalue weighted by Gasteiger charge is -2.14. The van der Waals surface area contributed by atoms with Gasteiger partial charge in [0.1, 0.15) is 5.75 Å². The lowest BCUT2D eigenvalue weighted by molar-refractivity contribution is 0.166. The minimum absolute atomic E-state index is 0.524. The van der Waals surface area contributed by atoms with E-state index in [-0.39, 0.29) is 0 Å². The third-order valence-electron chi connectivity index (χ3n) is 3.00. The van der Waals surface area contributed by atoms with Crippen LogP contribution in [-0.4, -0.2) is 22.0 Å². The molecule has 4 nitrogen and oxygen atoms in total. The number of benzene rings is 1. The molecule has 0 amide bonds. The quantitative estimate of drug-likeness (QED) is 0.879. The number of methoxy groups -OCH3 is 1. The molecule has 0 bridgehead atoms. The average molecular weight is 246 g/mol. The van der Waals surface area contributed by atoms with Gasteiger partial charge in [-0.3, -0.25) is 4.68 Å². The molecule has 0 fully saturated rings. The number of aryl methyl sites for hydroxylation is 1. The van der Waals surface area contributed by atoms with Gasteiger partial charge in [-0.1, -0.05) is 18.2 Å². The van der Waals surface area contributed by atoms with Gasteiger partial charge in [-0.15, -0.1) is 0 Å². The summed E-state index contributed by atoms with van der Waals surface area (Å²) in [5, 5.41) is 14.4. The van der Waals surface area contributed by atoms with Crippen molar-refractivity contribution >= 4 is 0 Å². The minimum atomic E-state index is -0.566. The van der Waals surface area contributed by atoms with Crippen LogP contribution in [0.15, 0.2) is 36.5 Å². The molecule has 96 valence electrons. The van der Waals surface area contributed by atoms with E-state index >= 15 is 0 Å². The van der Waals surface area contributed by atoms with Crippen molar-refractivity contribution in [2.45, 2.75) is 26.0 Å². The summed E-state index contributed by atoms with van der Waals surface area (Å²) in [5.74, 6) is 0.805. The fourth-order valence-electron chi connectivity index (χ4n) is 2.07. The van der Waals surface area contributed by atoms with Gasteiger partial charge in [-0.05, 0) is 24.6 Å². The Morgan fingerprint density at radius 3 is 2.83 bits per heavy atom. The first-order valence-electron chi connectivity index (χ1n) is 6.08. The smallest absolute Gasteiger partial charge is 0.122 e. The number of hydrogen-bond donors (Lipinski definition) is 1. The highest BCUT2D eigenvalue weighted by Crippen LogP contribution is 2.24. The van der Waals surface area contributed by atoms with Crippen LogP contribution in [0.4, 0.5) is 0 Å². The minimum Gasteiger partial charge on any atom is -0.496 e. The first-order chi connectivity index (χ1) is 8.76. The maximum atomic E-state index is 10.3. The van der Waals surface area contributed by atoms with Crippen LogP contribution >= 0.6 is 0 Å². The topological polar surface area (TPSA) is 47.3 Å². The van der Waals surface area contributed by atoms with Crippen molar-refractivity contribution in [3.05, 3.63) is 47.8 Å². The SMILES string of the molecule is CCn1nccc1C(O)Cc1ccccc1OC. The number of para-hydroxylation sites is 1. The molecule has 1 atom stereocenters. The molecule has 1 unspecified atom stereocenters. The lowest BCUT2D eigenvalue weighted by atomic mass is 10.0. The number of ether oxygens (including phenoxy) is 1. The molecule has 0 spiro atoms. The van der Waals surface area contributed by atoms with Crippen LogP contribution in [0.1, 0.15) is 24.3 Å². The monoisotopic (exact) mass is 246 g/mol. The van der Waals surface area contributed by atoms with Crippen molar-refractivity contribution in [2.75, 3.05) is 7.11 Å². The van der Waals surface area contributed by atoms with Crippen LogP contribution in [-0.2, 0) is 13.0 Å². The van der Waals surface area contributed by atoms with E-state index < -0.39 is 6.10 Å². The van der Waals surface area contributed by atoms with Gasteiger partial charge < -0.3 is 9.84 Å². The summed E-state index contributed by atoms with van der Waals surface area (Å²) < 4.78 is 7.09. The van der Waals surface area contributed by atoms with E-state index in [0.717, 1.165) is 23.6 Å². The van der Waals surface area contributed by atoms with Crippen molar-refractivity contribution < 1.29 is 9.84 Å². The molecular weight excluding hydrogens is 228 g/mol. The van der Waals surface area contributed by atoms with Gasteiger partial charge in [-0.2, -0.15) is 5.10 Å². The Labute approximate surface area is 107 Å². The number of aromatic nitrogens is 2. The molecule has 1 aromatic carbocycles. The number of hydrogen-bond acceptors (Lipinski definition) is 3. The van der Waals surface area contributed by atoms with Crippen LogP contribution in [0, 0.1) is 0 Å². The number of nitrogens with zero attached hydrogens (tertiary/aromatic N) is 2. The molecule has 0 radical (unpaired) electrons. The molecule has 2 aromatic rings. The van der Waals surface area contributed by atoms with E-state index in [1.165, 1.54) is 0 Å². The Kier molecular flexibility index (Phi) is 3.99. The normalized spacial score (nSPS) is 12.4. The van der Waals surface area contributed by atoms with E-state index in [0.29, 0.717) is 6.42 Å². The molecule has 0 aliphatic carbocycles. The van der Waals surface area contributed by atoms with E-state index in [4.69, 9.17) is 4.74 Å². The molecule has 0 saturated heterocycles. The van der Waals surface area contributed by atoms with Crippen molar-refractivity contribution in [3.63, 3.8) is 0 Å². The van der Waals surface area contributed by atoms with E-state index in [1.54, 1.807) is 18.0 Å². The zero-order valence-electron chi connectivity index (χ0n) is 10.7. The van der Waals surface area contributed by atoms with Crippen molar-refractivity contribution in [1.82, 2.24) is 9.78 Å². The summed E-state index contributed by atoms with van der Waals surface area (Å²) in [6.07, 6.45) is 1.67.